The lowest BCUT2D eigenvalue weighted by atomic mass is 9.81. The first-order chi connectivity index (χ1) is 17.6. The van der Waals surface area contributed by atoms with Crippen molar-refractivity contribution >= 4 is 23.2 Å². The number of aromatic nitrogens is 2. The Kier molecular flexibility index (Phi) is 7.23. The fraction of sp³-hybridized carbons (Fsp3) is 0.214. The van der Waals surface area contributed by atoms with Gasteiger partial charge in [-0.2, -0.15) is 0 Å². The molecule has 1 heterocycles. The number of rotatable bonds is 7. The van der Waals surface area contributed by atoms with Crippen LogP contribution in [0.5, 0.6) is 11.5 Å². The zero-order valence-electron chi connectivity index (χ0n) is 21.1. The molecule has 4 aromatic rings. The summed E-state index contributed by atoms with van der Waals surface area (Å²) in [7, 11) is 4.54. The van der Waals surface area contributed by atoms with Gasteiger partial charge in [0.1, 0.15) is 11.6 Å². The van der Waals surface area contributed by atoms with Crippen molar-refractivity contribution < 1.29 is 23.0 Å². The molecule has 0 spiro atoms. The predicted octanol–water partition coefficient (Wildman–Crippen LogP) is 6.42. The second-order valence-corrected chi connectivity index (χ2v) is 9.32. The van der Waals surface area contributed by atoms with Crippen LogP contribution in [0.3, 0.4) is 0 Å². The molecule has 0 aliphatic heterocycles. The van der Waals surface area contributed by atoms with Crippen molar-refractivity contribution in [3.8, 4) is 17.2 Å². The second kappa shape index (κ2) is 10.2. The van der Waals surface area contributed by atoms with Gasteiger partial charge in [-0.3, -0.25) is 9.36 Å². The van der Waals surface area contributed by atoms with E-state index in [4.69, 9.17) is 21.1 Å². The van der Waals surface area contributed by atoms with Gasteiger partial charge in [0, 0.05) is 18.2 Å². The molecule has 0 aliphatic carbocycles. The Bertz CT molecular complexity index is 1430. The van der Waals surface area contributed by atoms with Gasteiger partial charge in [0.05, 0.1) is 36.8 Å². The fourth-order valence-electron chi connectivity index (χ4n) is 4.23. The number of benzene rings is 3. The summed E-state index contributed by atoms with van der Waals surface area (Å²) in [5.74, 6) is -0.524. The molecular weight excluding hydrogens is 500 g/mol. The average Bonchev–Trinajstić information content (AvgIpc) is 3.34. The van der Waals surface area contributed by atoms with E-state index >= 15 is 0 Å². The van der Waals surface area contributed by atoms with E-state index in [1.165, 1.54) is 37.4 Å². The second-order valence-electron chi connectivity index (χ2n) is 8.91. The van der Waals surface area contributed by atoms with E-state index in [0.29, 0.717) is 22.9 Å². The lowest BCUT2D eigenvalue weighted by Crippen LogP contribution is -2.31. The maximum absolute atomic E-state index is 14.6. The van der Waals surface area contributed by atoms with Crippen molar-refractivity contribution in [3.05, 3.63) is 101 Å². The van der Waals surface area contributed by atoms with Gasteiger partial charge in [-0.1, -0.05) is 37.6 Å². The van der Waals surface area contributed by atoms with Gasteiger partial charge in [-0.25, -0.2) is 13.8 Å². The summed E-state index contributed by atoms with van der Waals surface area (Å²) >= 11 is 6.22. The minimum absolute atomic E-state index is 0.0111. The maximum Gasteiger partial charge on any atom is 0.294 e. The standard InChI is InChI=1S/C28H26ClF2N3O3/c1-28(2,17-9-14-22(36-4)23(15-17)37-5)24-16-32-26(34(24)19-12-10-18(30)11-13-19)27(35)33(3)25-20(29)7-6-8-21(25)31/h6-16H,1-5H3. The maximum atomic E-state index is 14.6. The van der Waals surface area contributed by atoms with Crippen LogP contribution in [-0.2, 0) is 5.41 Å². The van der Waals surface area contributed by atoms with Crippen molar-refractivity contribution in [2.45, 2.75) is 19.3 Å². The number of hydrogen-bond donors (Lipinski definition) is 0. The van der Waals surface area contributed by atoms with Crippen LogP contribution in [0.2, 0.25) is 5.02 Å². The summed E-state index contributed by atoms with van der Waals surface area (Å²) in [5.41, 5.74) is 1.25. The Hall–Kier alpha value is -3.91. The minimum Gasteiger partial charge on any atom is -0.493 e. The number of anilines is 1. The molecule has 4 rings (SSSR count). The summed E-state index contributed by atoms with van der Waals surface area (Å²) in [4.78, 5) is 19.2. The molecule has 0 saturated carbocycles. The molecule has 0 atom stereocenters. The molecule has 1 aromatic heterocycles. The number of nitrogens with zero attached hydrogens (tertiary/aromatic N) is 3. The summed E-state index contributed by atoms with van der Waals surface area (Å²) in [6.45, 7) is 3.94. The first-order valence-corrected chi connectivity index (χ1v) is 11.8. The smallest absolute Gasteiger partial charge is 0.294 e. The molecule has 0 fully saturated rings. The quantitative estimate of drug-likeness (QED) is 0.279. The van der Waals surface area contributed by atoms with E-state index in [1.807, 2.05) is 26.0 Å². The highest BCUT2D eigenvalue weighted by Gasteiger charge is 2.33. The molecular formula is C28H26ClF2N3O3. The van der Waals surface area contributed by atoms with Crippen LogP contribution >= 0.6 is 11.6 Å². The molecule has 0 aliphatic rings. The Balaban J connectivity index is 1.89. The number of carbonyl (C=O) groups is 1. The van der Waals surface area contributed by atoms with E-state index in [2.05, 4.69) is 4.98 Å². The van der Waals surface area contributed by atoms with Gasteiger partial charge in [0.25, 0.3) is 5.91 Å². The molecule has 3 aromatic carbocycles. The Morgan fingerprint density at radius 1 is 1.00 bits per heavy atom. The molecule has 9 heteroatoms. The average molecular weight is 526 g/mol. The number of imidazole rings is 1. The van der Waals surface area contributed by atoms with E-state index in [1.54, 1.807) is 43.2 Å². The lowest BCUT2D eigenvalue weighted by Gasteiger charge is -2.28. The number of amides is 1. The van der Waals surface area contributed by atoms with E-state index in [-0.39, 0.29) is 16.5 Å². The highest BCUT2D eigenvalue weighted by Crippen LogP contribution is 2.39. The van der Waals surface area contributed by atoms with Crippen LogP contribution in [-0.4, -0.2) is 36.7 Å². The number of halogens is 3. The van der Waals surface area contributed by atoms with Crippen LogP contribution in [0.15, 0.2) is 66.9 Å². The Morgan fingerprint density at radius 3 is 2.30 bits per heavy atom. The topological polar surface area (TPSA) is 56.6 Å². The van der Waals surface area contributed by atoms with Crippen molar-refractivity contribution in [3.63, 3.8) is 0 Å². The third kappa shape index (κ3) is 4.76. The highest BCUT2D eigenvalue weighted by atomic mass is 35.5. The Morgan fingerprint density at radius 2 is 1.68 bits per heavy atom. The van der Waals surface area contributed by atoms with Gasteiger partial charge in [0.2, 0.25) is 5.82 Å². The third-order valence-corrected chi connectivity index (χ3v) is 6.67. The van der Waals surface area contributed by atoms with Crippen molar-refractivity contribution in [2.24, 2.45) is 0 Å². The van der Waals surface area contributed by atoms with Crippen molar-refractivity contribution in [1.82, 2.24) is 9.55 Å². The van der Waals surface area contributed by atoms with Crippen LogP contribution in [0.25, 0.3) is 5.69 Å². The highest BCUT2D eigenvalue weighted by molar-refractivity contribution is 6.34. The number of ether oxygens (including phenoxy) is 2. The fourth-order valence-corrected chi connectivity index (χ4v) is 4.52. The molecule has 192 valence electrons. The summed E-state index contributed by atoms with van der Waals surface area (Å²) < 4.78 is 40.9. The monoisotopic (exact) mass is 525 g/mol. The molecule has 6 nitrogen and oxygen atoms in total. The van der Waals surface area contributed by atoms with E-state index in [0.717, 1.165) is 10.5 Å². The lowest BCUT2D eigenvalue weighted by molar-refractivity contribution is 0.0980. The van der Waals surface area contributed by atoms with Crippen molar-refractivity contribution in [1.29, 1.82) is 0 Å². The summed E-state index contributed by atoms with van der Waals surface area (Å²) in [5, 5.41) is 0.0848. The molecule has 0 unspecified atom stereocenters. The van der Waals surface area contributed by atoms with Crippen LogP contribution in [0.4, 0.5) is 14.5 Å². The minimum atomic E-state index is -0.701. The summed E-state index contributed by atoms with van der Waals surface area (Å²) in [6.07, 6.45) is 1.59. The SMILES string of the molecule is COc1ccc(C(C)(C)c2cnc(C(=O)N(C)c3c(F)cccc3Cl)n2-c2ccc(F)cc2)cc1OC. The molecule has 0 N–H and O–H groups in total. The molecule has 0 saturated heterocycles. The van der Waals surface area contributed by atoms with Crippen LogP contribution < -0.4 is 14.4 Å². The normalized spacial score (nSPS) is 11.4. The third-order valence-electron chi connectivity index (χ3n) is 6.36. The van der Waals surface area contributed by atoms with Gasteiger partial charge in [0.15, 0.2) is 11.5 Å². The number of hydrogen-bond acceptors (Lipinski definition) is 4. The first kappa shape index (κ1) is 26.2. The largest absolute Gasteiger partial charge is 0.493 e. The molecule has 0 radical (unpaired) electrons. The van der Waals surface area contributed by atoms with Gasteiger partial charge >= 0.3 is 0 Å². The predicted molar refractivity (Wildman–Crippen MR) is 139 cm³/mol. The van der Waals surface area contributed by atoms with Gasteiger partial charge in [-0.05, 0) is 54.1 Å². The van der Waals surface area contributed by atoms with Crippen LogP contribution in [0.1, 0.15) is 35.7 Å². The number of methoxy groups -OCH3 is 2. The van der Waals surface area contributed by atoms with Gasteiger partial charge < -0.3 is 14.4 Å². The number of carbonyl (C=O) groups excluding carboxylic acids is 1. The van der Waals surface area contributed by atoms with E-state index < -0.39 is 23.0 Å². The molecule has 1 amide bonds. The van der Waals surface area contributed by atoms with Gasteiger partial charge in [-0.15, -0.1) is 0 Å². The van der Waals surface area contributed by atoms with E-state index in [9.17, 15) is 13.6 Å². The zero-order chi connectivity index (χ0) is 26.9. The summed E-state index contributed by atoms with van der Waals surface area (Å²) in [6, 6.07) is 15.4. The Labute approximate surface area is 219 Å². The number of para-hydroxylation sites is 1. The van der Waals surface area contributed by atoms with Crippen molar-refractivity contribution in [2.75, 3.05) is 26.2 Å². The molecule has 0 bridgehead atoms. The molecule has 37 heavy (non-hydrogen) atoms. The first-order valence-electron chi connectivity index (χ1n) is 11.4. The zero-order valence-corrected chi connectivity index (χ0v) is 21.8. The van der Waals surface area contributed by atoms with Crippen LogP contribution in [0, 0.1) is 11.6 Å².